The Balaban J connectivity index is 0.000000176. The van der Waals surface area contributed by atoms with Gasteiger partial charge in [0.25, 0.3) is 5.56 Å². The number of H-pyrrole nitrogens is 1. The molecule has 3 N–H and O–H groups in total. The van der Waals surface area contributed by atoms with E-state index in [9.17, 15) is 24.3 Å². The number of carbonyl (C=O) groups is 3. The number of hydrogen-bond acceptors (Lipinski definition) is 9. The van der Waals surface area contributed by atoms with E-state index in [0.29, 0.717) is 62.8 Å². The summed E-state index contributed by atoms with van der Waals surface area (Å²) < 4.78 is 7.17. The van der Waals surface area contributed by atoms with Crippen molar-refractivity contribution in [2.45, 2.75) is 31.8 Å². The topological polar surface area (TPSA) is 159 Å². The second-order valence-corrected chi connectivity index (χ2v) is 15.7. The summed E-state index contributed by atoms with van der Waals surface area (Å²) in [4.78, 5) is 68.6. The van der Waals surface area contributed by atoms with E-state index in [4.69, 9.17) is 9.72 Å². The zero-order chi connectivity index (χ0) is 40.7. The van der Waals surface area contributed by atoms with Crippen LogP contribution < -0.4 is 20.5 Å². The molecule has 7 aromatic rings. The summed E-state index contributed by atoms with van der Waals surface area (Å²) in [5.41, 5.74) is 3.90. The monoisotopic (exact) mass is 782 g/mol. The number of aliphatic imine (C=N–C) groups is 1. The Bertz CT molecular complexity index is 3020. The van der Waals surface area contributed by atoms with Gasteiger partial charge in [0.2, 0.25) is 17.6 Å². The fourth-order valence-electron chi connectivity index (χ4n) is 9.58. The van der Waals surface area contributed by atoms with Gasteiger partial charge in [0.1, 0.15) is 22.8 Å². The lowest BCUT2D eigenvalue weighted by Crippen LogP contribution is -2.50. The average molecular weight is 783 g/mol. The number of ether oxygens (including phenoxy) is 1. The molecule has 6 heterocycles. The SMILES string of the molecule is COc1ccccc1N1C(=O)[C@H]2C(CC(C)C)NC3(c4ccccc4-n4c3nc3ccccc3c4=O)[C@H]2C1=O.O=C1C(c2c(O)[nH]c3ccccc23)=Nc2ccccc21. The van der Waals surface area contributed by atoms with Gasteiger partial charge in [-0.2, -0.15) is 0 Å². The molecule has 12 heteroatoms. The van der Waals surface area contributed by atoms with Crippen molar-refractivity contribution < 1.29 is 24.2 Å². The van der Waals surface area contributed by atoms with E-state index < -0.39 is 17.4 Å². The van der Waals surface area contributed by atoms with Crippen LogP contribution in [-0.2, 0) is 15.1 Å². The lowest BCUT2D eigenvalue weighted by Gasteiger charge is -2.32. The first-order valence-corrected chi connectivity index (χ1v) is 19.6. The van der Waals surface area contributed by atoms with Gasteiger partial charge >= 0.3 is 0 Å². The Morgan fingerprint density at radius 3 is 2.25 bits per heavy atom. The number of carbonyl (C=O) groups excluding carboxylic acids is 3. The highest BCUT2D eigenvalue weighted by atomic mass is 16.5. The van der Waals surface area contributed by atoms with Gasteiger partial charge in [0.15, 0.2) is 5.88 Å². The quantitative estimate of drug-likeness (QED) is 0.158. The largest absolute Gasteiger partial charge is 0.495 e. The van der Waals surface area contributed by atoms with Crippen LogP contribution in [0.25, 0.3) is 27.5 Å². The lowest BCUT2D eigenvalue weighted by atomic mass is 9.75. The van der Waals surface area contributed by atoms with Crippen LogP contribution in [-0.4, -0.2) is 56.1 Å². The number of para-hydroxylation sites is 6. The van der Waals surface area contributed by atoms with E-state index in [1.54, 1.807) is 41.0 Å². The third-order valence-corrected chi connectivity index (χ3v) is 11.9. The molecule has 1 spiro atoms. The summed E-state index contributed by atoms with van der Waals surface area (Å²) >= 11 is 0. The number of imide groups is 1. The molecule has 4 atom stereocenters. The predicted molar refractivity (Wildman–Crippen MR) is 224 cm³/mol. The van der Waals surface area contributed by atoms with E-state index in [-0.39, 0.29) is 41.0 Å². The van der Waals surface area contributed by atoms with Gasteiger partial charge in [0.05, 0.1) is 52.5 Å². The molecule has 0 aliphatic carbocycles. The number of benzene rings is 5. The molecule has 2 fully saturated rings. The zero-order valence-corrected chi connectivity index (χ0v) is 32.3. The summed E-state index contributed by atoms with van der Waals surface area (Å²) in [7, 11) is 1.53. The number of hydrogen-bond donors (Lipinski definition) is 3. The molecular formula is C47H38N6O6. The van der Waals surface area contributed by atoms with E-state index in [1.807, 2.05) is 84.9 Å². The maximum atomic E-state index is 14.5. The van der Waals surface area contributed by atoms with Gasteiger partial charge in [-0.05, 0) is 60.9 Å². The summed E-state index contributed by atoms with van der Waals surface area (Å²) in [6.45, 7) is 4.21. The molecule has 292 valence electrons. The van der Waals surface area contributed by atoms with E-state index in [2.05, 4.69) is 29.1 Å². The normalized spacial score (nSPS) is 21.2. The van der Waals surface area contributed by atoms with Crippen LogP contribution in [0.5, 0.6) is 11.6 Å². The molecule has 11 rings (SSSR count). The smallest absolute Gasteiger partial charge is 0.266 e. The van der Waals surface area contributed by atoms with Gasteiger partial charge in [-0.15, -0.1) is 0 Å². The number of Topliss-reactive ketones (excluding diaryl/α,β-unsaturated/α-hetero) is 1. The molecular weight excluding hydrogens is 745 g/mol. The van der Waals surface area contributed by atoms with Crippen molar-refractivity contribution >= 4 is 56.5 Å². The standard InChI is InChI=1S/C31H28N4O4.C16H10N2O2/c1-17(2)16-21-25-26(29(38)34(28(25)37)23-14-8-9-15-24(23)39-3)31(33-21)19-11-5-7-13-22(19)35-27(36)18-10-4-6-12-20(18)32-30(31)35;19-15-10-6-2-4-8-12(10)17-14(15)13-9-5-1-3-7-11(9)18-16(13)20/h4-15,17,21,25-26,33H,16H2,1-3H3;1-8,18,20H/t21?,25-,26+,31?;/m0./s1. The first-order valence-electron chi connectivity index (χ1n) is 19.6. The van der Waals surface area contributed by atoms with Crippen molar-refractivity contribution in [3.63, 3.8) is 0 Å². The van der Waals surface area contributed by atoms with Crippen molar-refractivity contribution in [3.8, 4) is 17.3 Å². The predicted octanol–water partition coefficient (Wildman–Crippen LogP) is 6.97. The molecule has 12 nitrogen and oxygen atoms in total. The van der Waals surface area contributed by atoms with Crippen molar-refractivity contribution in [2.24, 2.45) is 22.7 Å². The number of amides is 2. The Labute approximate surface area is 337 Å². The Morgan fingerprint density at radius 2 is 1.47 bits per heavy atom. The molecule has 2 saturated heterocycles. The summed E-state index contributed by atoms with van der Waals surface area (Å²) in [6, 6.07) is 36.3. The van der Waals surface area contributed by atoms with Crippen molar-refractivity contribution in [3.05, 3.63) is 154 Å². The molecule has 5 aromatic carbocycles. The number of methoxy groups -OCH3 is 1. The Morgan fingerprint density at radius 1 is 0.797 bits per heavy atom. The number of ketones is 1. The van der Waals surface area contributed by atoms with Crippen LogP contribution in [0.15, 0.2) is 131 Å². The third kappa shape index (κ3) is 5.19. The molecule has 2 unspecified atom stereocenters. The number of aromatic amines is 1. The highest BCUT2D eigenvalue weighted by Crippen LogP contribution is 2.56. The number of anilines is 1. The van der Waals surface area contributed by atoms with E-state index in [1.165, 1.54) is 12.0 Å². The fourth-order valence-corrected chi connectivity index (χ4v) is 9.58. The highest BCUT2D eigenvalue weighted by Gasteiger charge is 2.70. The first kappa shape index (κ1) is 36.2. The van der Waals surface area contributed by atoms with Gasteiger partial charge in [0, 0.05) is 28.1 Å². The van der Waals surface area contributed by atoms with E-state index in [0.717, 1.165) is 16.5 Å². The first-order chi connectivity index (χ1) is 28.6. The Kier molecular flexibility index (Phi) is 8.25. The van der Waals surface area contributed by atoms with Gasteiger partial charge in [-0.1, -0.05) is 86.6 Å². The van der Waals surface area contributed by atoms with Crippen LogP contribution in [0.1, 0.15) is 47.6 Å². The highest BCUT2D eigenvalue weighted by molar-refractivity contribution is 6.56. The number of fused-ring (bicyclic) bond motifs is 10. The maximum Gasteiger partial charge on any atom is 0.266 e. The van der Waals surface area contributed by atoms with Crippen LogP contribution in [0.4, 0.5) is 11.4 Å². The van der Waals surface area contributed by atoms with Crippen molar-refractivity contribution in [1.82, 2.24) is 19.9 Å². The van der Waals surface area contributed by atoms with Gasteiger partial charge in [-0.3, -0.25) is 29.1 Å². The minimum absolute atomic E-state index is 0.0221. The molecule has 0 radical (unpaired) electrons. The maximum absolute atomic E-state index is 14.5. The van der Waals surface area contributed by atoms with Crippen LogP contribution in [0.2, 0.25) is 0 Å². The molecule has 0 saturated carbocycles. The van der Waals surface area contributed by atoms with Crippen LogP contribution in [0, 0.1) is 17.8 Å². The van der Waals surface area contributed by atoms with Crippen molar-refractivity contribution in [1.29, 1.82) is 0 Å². The summed E-state index contributed by atoms with van der Waals surface area (Å²) in [6.07, 6.45) is 0.682. The molecule has 4 aliphatic heterocycles. The Hall–Kier alpha value is -7.18. The third-order valence-electron chi connectivity index (χ3n) is 11.9. The van der Waals surface area contributed by atoms with Crippen LogP contribution >= 0.6 is 0 Å². The van der Waals surface area contributed by atoms with Gasteiger partial charge in [-0.25, -0.2) is 14.9 Å². The summed E-state index contributed by atoms with van der Waals surface area (Å²) in [5.74, 6) is -1.00. The second-order valence-electron chi connectivity index (χ2n) is 15.7. The lowest BCUT2D eigenvalue weighted by molar-refractivity contribution is -0.123. The molecule has 2 aromatic heterocycles. The van der Waals surface area contributed by atoms with Crippen molar-refractivity contribution in [2.75, 3.05) is 12.0 Å². The fraction of sp³-hybridized carbons (Fsp3) is 0.191. The number of rotatable bonds is 5. The summed E-state index contributed by atoms with van der Waals surface area (Å²) in [5, 5.41) is 15.1. The number of aromatic hydroxyl groups is 1. The molecule has 4 aliphatic rings. The average Bonchev–Trinajstić information content (AvgIpc) is 4.00. The van der Waals surface area contributed by atoms with Gasteiger partial charge < -0.3 is 14.8 Å². The van der Waals surface area contributed by atoms with E-state index >= 15 is 0 Å². The molecule has 2 amide bonds. The molecule has 59 heavy (non-hydrogen) atoms. The molecule has 0 bridgehead atoms. The van der Waals surface area contributed by atoms with Crippen LogP contribution in [0.3, 0.4) is 0 Å². The number of nitrogens with one attached hydrogen (secondary N) is 2. The minimum atomic E-state index is -1.15. The number of nitrogens with zero attached hydrogens (tertiary/aromatic N) is 4. The second kappa shape index (κ2) is 13.5. The number of aromatic nitrogens is 3. The minimum Gasteiger partial charge on any atom is -0.495 e. The zero-order valence-electron chi connectivity index (χ0n) is 32.3.